The first-order valence-electron chi connectivity index (χ1n) is 10.1. The fourth-order valence-electron chi connectivity index (χ4n) is 2.90. The molecule has 0 aliphatic carbocycles. The molecule has 150 valence electrons. The molecule has 1 rings (SSSR count). The van der Waals surface area contributed by atoms with Crippen LogP contribution in [0, 0.1) is 5.92 Å². The third-order valence-electron chi connectivity index (χ3n) is 4.76. The lowest BCUT2D eigenvalue weighted by atomic mass is 9.93. The lowest BCUT2D eigenvalue weighted by molar-refractivity contribution is -0.132. The smallest absolute Gasteiger partial charge is 0.259 e. The average molecular weight is 374 g/mol. The quantitative estimate of drug-likeness (QED) is 0.380. The molecule has 1 aromatic carbocycles. The zero-order valence-corrected chi connectivity index (χ0v) is 16.8. The van der Waals surface area contributed by atoms with E-state index in [1.54, 1.807) is 12.1 Å². The lowest BCUT2D eigenvalue weighted by Gasteiger charge is -2.19. The van der Waals surface area contributed by atoms with Gasteiger partial charge in [0.05, 0.1) is 0 Å². The Labute approximate surface area is 163 Å². The number of hydrazine groups is 1. The van der Waals surface area contributed by atoms with E-state index >= 15 is 0 Å². The van der Waals surface area contributed by atoms with Gasteiger partial charge < -0.3 is 5.73 Å². The van der Waals surface area contributed by atoms with Gasteiger partial charge in [0.25, 0.3) is 5.91 Å². The van der Waals surface area contributed by atoms with E-state index in [1.807, 2.05) is 18.2 Å². The van der Waals surface area contributed by atoms with Crippen LogP contribution in [0.5, 0.6) is 0 Å². The molecule has 0 fully saturated rings. The maximum absolute atomic E-state index is 12.5. The molecular formula is C22H35N3O2. The highest BCUT2D eigenvalue weighted by Gasteiger charge is 2.21. The summed E-state index contributed by atoms with van der Waals surface area (Å²) in [5.41, 5.74) is 12.9. The van der Waals surface area contributed by atoms with Gasteiger partial charge in [-0.3, -0.25) is 20.4 Å². The summed E-state index contributed by atoms with van der Waals surface area (Å²) >= 11 is 0. The summed E-state index contributed by atoms with van der Waals surface area (Å²) in [7, 11) is 0. The molecule has 0 aliphatic rings. The molecule has 1 aromatic rings. The summed E-state index contributed by atoms with van der Waals surface area (Å²) in [5.74, 6) is -0.701. The minimum atomic E-state index is -0.811. The van der Waals surface area contributed by atoms with Crippen LogP contribution in [-0.2, 0) is 9.59 Å². The van der Waals surface area contributed by atoms with E-state index < -0.39 is 11.9 Å². The van der Waals surface area contributed by atoms with Gasteiger partial charge >= 0.3 is 0 Å². The summed E-state index contributed by atoms with van der Waals surface area (Å²) in [6.07, 6.45) is 7.73. The fraction of sp³-hybridized carbons (Fsp3) is 0.545. The highest BCUT2D eigenvalue weighted by atomic mass is 16.2. The van der Waals surface area contributed by atoms with Crippen LogP contribution in [0.15, 0.2) is 42.5 Å². The second kappa shape index (κ2) is 13.1. The zero-order chi connectivity index (χ0) is 20.1. The second-order valence-electron chi connectivity index (χ2n) is 7.10. The Morgan fingerprint density at radius 3 is 2.22 bits per heavy atom. The number of nitrogens with one attached hydrogen (secondary N) is 2. The number of rotatable bonds is 12. The van der Waals surface area contributed by atoms with Crippen molar-refractivity contribution < 1.29 is 9.59 Å². The Bertz CT molecular complexity index is 586. The van der Waals surface area contributed by atoms with E-state index in [4.69, 9.17) is 5.73 Å². The van der Waals surface area contributed by atoms with Crippen LogP contribution < -0.4 is 16.6 Å². The van der Waals surface area contributed by atoms with Crippen LogP contribution in [0.4, 0.5) is 0 Å². The van der Waals surface area contributed by atoms with Gasteiger partial charge in [0.1, 0.15) is 6.04 Å². The third kappa shape index (κ3) is 8.87. The number of nitrogens with two attached hydrogens (primary N) is 1. The maximum atomic E-state index is 12.5. The topological polar surface area (TPSA) is 84.2 Å². The summed E-state index contributed by atoms with van der Waals surface area (Å²) < 4.78 is 0. The van der Waals surface area contributed by atoms with Gasteiger partial charge in [0.2, 0.25) is 5.91 Å². The van der Waals surface area contributed by atoms with Crippen molar-refractivity contribution >= 4 is 11.8 Å². The van der Waals surface area contributed by atoms with Crippen molar-refractivity contribution in [1.29, 1.82) is 0 Å². The molecule has 4 N–H and O–H groups in total. The van der Waals surface area contributed by atoms with E-state index in [1.165, 1.54) is 5.57 Å². The fourth-order valence-corrected chi connectivity index (χ4v) is 2.90. The van der Waals surface area contributed by atoms with Crippen molar-refractivity contribution in [3.63, 3.8) is 0 Å². The van der Waals surface area contributed by atoms with E-state index in [9.17, 15) is 9.59 Å². The minimum Gasteiger partial charge on any atom is -0.316 e. The van der Waals surface area contributed by atoms with E-state index in [0.717, 1.165) is 51.4 Å². The first-order chi connectivity index (χ1) is 13.0. The third-order valence-corrected chi connectivity index (χ3v) is 4.76. The van der Waals surface area contributed by atoms with Gasteiger partial charge in [0.15, 0.2) is 0 Å². The molecule has 2 atom stereocenters. The van der Waals surface area contributed by atoms with Crippen molar-refractivity contribution in [2.24, 2.45) is 11.7 Å². The minimum absolute atomic E-state index is 0.128. The molecule has 0 aliphatic heterocycles. The van der Waals surface area contributed by atoms with Gasteiger partial charge in [-0.2, -0.15) is 0 Å². The molecule has 0 saturated heterocycles. The van der Waals surface area contributed by atoms with Gasteiger partial charge in [-0.1, -0.05) is 75.6 Å². The van der Waals surface area contributed by atoms with Crippen LogP contribution in [0.25, 0.3) is 0 Å². The number of carbonyl (C=O) groups is 2. The van der Waals surface area contributed by atoms with Gasteiger partial charge in [0, 0.05) is 5.92 Å². The molecule has 0 aromatic heterocycles. The summed E-state index contributed by atoms with van der Waals surface area (Å²) in [6.45, 7) is 8.38. The summed E-state index contributed by atoms with van der Waals surface area (Å²) in [5, 5.41) is 0. The van der Waals surface area contributed by atoms with Gasteiger partial charge in [-0.25, -0.2) is 0 Å². The Morgan fingerprint density at radius 2 is 1.59 bits per heavy atom. The molecule has 0 spiro atoms. The summed E-state index contributed by atoms with van der Waals surface area (Å²) in [4.78, 5) is 24.7. The highest BCUT2D eigenvalue weighted by molar-refractivity contribution is 5.86. The molecule has 5 heteroatoms. The Kier molecular flexibility index (Phi) is 11.1. The van der Waals surface area contributed by atoms with Crippen molar-refractivity contribution in [3.8, 4) is 0 Å². The molecule has 27 heavy (non-hydrogen) atoms. The first-order valence-corrected chi connectivity index (χ1v) is 10.1. The van der Waals surface area contributed by atoms with Crippen LogP contribution >= 0.6 is 0 Å². The molecule has 0 saturated carbocycles. The van der Waals surface area contributed by atoms with Crippen molar-refractivity contribution in [3.05, 3.63) is 48.0 Å². The Hall–Kier alpha value is -2.14. The van der Waals surface area contributed by atoms with Gasteiger partial charge in [-0.15, -0.1) is 0 Å². The number of carbonyl (C=O) groups excluding carboxylic acids is 2. The van der Waals surface area contributed by atoms with Crippen LogP contribution in [0.2, 0.25) is 0 Å². The number of unbranched alkanes of at least 4 members (excludes halogenated alkanes) is 2. The first kappa shape index (κ1) is 22.9. The highest BCUT2D eigenvalue weighted by Crippen LogP contribution is 2.20. The predicted octanol–water partition coefficient (Wildman–Crippen LogP) is 4.17. The molecule has 5 nitrogen and oxygen atoms in total. The average Bonchev–Trinajstić information content (AvgIpc) is 2.70. The van der Waals surface area contributed by atoms with Crippen LogP contribution in [0.3, 0.4) is 0 Å². The maximum Gasteiger partial charge on any atom is 0.259 e. The Morgan fingerprint density at radius 1 is 0.963 bits per heavy atom. The van der Waals surface area contributed by atoms with E-state index in [0.29, 0.717) is 5.56 Å². The number of amides is 2. The number of benzene rings is 1. The second-order valence-corrected chi connectivity index (χ2v) is 7.10. The van der Waals surface area contributed by atoms with Crippen molar-refractivity contribution in [2.75, 3.05) is 0 Å². The van der Waals surface area contributed by atoms with Crippen molar-refractivity contribution in [1.82, 2.24) is 10.9 Å². The molecule has 1 unspecified atom stereocenters. The number of allylic oxidation sites excluding steroid dienone is 1. The SMILES string of the molecule is C=C(CCCC)CCC(CCCC)C(=O)NNC(=O)[C@@H](N)c1ccccc1. The zero-order valence-electron chi connectivity index (χ0n) is 16.8. The lowest BCUT2D eigenvalue weighted by Crippen LogP contribution is -2.47. The normalized spacial score (nSPS) is 12.9. The molecular weight excluding hydrogens is 338 g/mol. The molecule has 0 radical (unpaired) electrons. The number of hydrogen-bond donors (Lipinski definition) is 3. The standard InChI is InChI=1S/C22H35N3O2/c1-4-6-11-17(3)15-16-19(12-7-5-2)21(26)24-25-22(27)20(23)18-13-9-8-10-14-18/h8-10,13-14,19-20H,3-7,11-12,15-16,23H2,1-2H3,(H,24,26)(H,25,27)/t19?,20-/m0/s1. The predicted molar refractivity (Wildman–Crippen MR) is 111 cm³/mol. The van der Waals surface area contributed by atoms with Crippen LogP contribution in [0.1, 0.15) is 76.8 Å². The van der Waals surface area contributed by atoms with E-state index in [2.05, 4.69) is 31.3 Å². The number of hydrogen-bond acceptors (Lipinski definition) is 3. The molecule has 2 amide bonds. The largest absolute Gasteiger partial charge is 0.316 e. The Balaban J connectivity index is 2.52. The summed E-state index contributed by atoms with van der Waals surface area (Å²) in [6, 6.07) is 8.29. The molecule has 0 bridgehead atoms. The van der Waals surface area contributed by atoms with E-state index in [-0.39, 0.29) is 11.8 Å². The van der Waals surface area contributed by atoms with Gasteiger partial charge in [-0.05, 0) is 37.7 Å². The van der Waals surface area contributed by atoms with Crippen molar-refractivity contribution in [2.45, 2.75) is 71.3 Å². The molecule has 0 heterocycles. The monoisotopic (exact) mass is 373 g/mol. The van der Waals surface area contributed by atoms with Crippen LogP contribution in [-0.4, -0.2) is 11.8 Å².